The Kier molecular flexibility index (Phi) is 4.55. The normalized spacial score (nSPS) is 20.8. The van der Waals surface area contributed by atoms with Gasteiger partial charge in [0.1, 0.15) is 0 Å². The molecule has 0 amide bonds. The number of benzene rings is 1. The molecule has 3 rings (SSSR count). The largest absolute Gasteiger partial charge is 0.398 e. The van der Waals surface area contributed by atoms with Crippen molar-refractivity contribution in [2.24, 2.45) is 0 Å². The third-order valence-corrected chi connectivity index (χ3v) is 4.44. The zero-order valence-electron chi connectivity index (χ0n) is 12.2. The lowest BCUT2D eigenvalue weighted by Crippen LogP contribution is -2.39. The highest BCUT2D eigenvalue weighted by Gasteiger charge is 2.18. The third-order valence-electron chi connectivity index (χ3n) is 4.44. The summed E-state index contributed by atoms with van der Waals surface area (Å²) in [6.07, 6.45) is 2.37. The van der Waals surface area contributed by atoms with Crippen molar-refractivity contribution in [3.05, 3.63) is 29.3 Å². The number of nitrogens with two attached hydrogens (primary N) is 1. The minimum absolute atomic E-state index is 0.896. The lowest BCUT2D eigenvalue weighted by molar-refractivity contribution is 0.0359. The molecule has 0 atom stereocenters. The van der Waals surface area contributed by atoms with Crippen LogP contribution < -0.4 is 5.73 Å². The van der Waals surface area contributed by atoms with E-state index in [1.54, 1.807) is 0 Å². The molecule has 2 heterocycles. The van der Waals surface area contributed by atoms with E-state index in [0.29, 0.717) is 0 Å². The van der Waals surface area contributed by atoms with Crippen molar-refractivity contribution in [3.8, 4) is 0 Å². The molecule has 0 aromatic heterocycles. The van der Waals surface area contributed by atoms with E-state index in [2.05, 4.69) is 21.9 Å². The van der Waals surface area contributed by atoms with E-state index in [9.17, 15) is 0 Å². The van der Waals surface area contributed by atoms with Gasteiger partial charge >= 0.3 is 0 Å². The fourth-order valence-electron chi connectivity index (χ4n) is 3.20. The third kappa shape index (κ3) is 3.32. The minimum Gasteiger partial charge on any atom is -0.398 e. The average Bonchev–Trinajstić information content (AvgIpc) is 2.49. The first-order valence-corrected chi connectivity index (χ1v) is 7.71. The van der Waals surface area contributed by atoms with Gasteiger partial charge in [-0.25, -0.2) is 0 Å². The number of morpholine rings is 1. The quantitative estimate of drug-likeness (QED) is 0.842. The maximum Gasteiger partial charge on any atom is 0.0594 e. The maximum atomic E-state index is 6.10. The average molecular weight is 275 g/mol. The summed E-state index contributed by atoms with van der Waals surface area (Å²) in [5.41, 5.74) is 9.85. The summed E-state index contributed by atoms with van der Waals surface area (Å²) in [7, 11) is 0. The van der Waals surface area contributed by atoms with Gasteiger partial charge in [-0.1, -0.05) is 12.1 Å². The van der Waals surface area contributed by atoms with Crippen LogP contribution in [0.2, 0.25) is 0 Å². The highest BCUT2D eigenvalue weighted by Crippen LogP contribution is 2.24. The van der Waals surface area contributed by atoms with Gasteiger partial charge in [-0.15, -0.1) is 0 Å². The van der Waals surface area contributed by atoms with Crippen molar-refractivity contribution in [2.75, 3.05) is 51.7 Å². The summed E-state index contributed by atoms with van der Waals surface area (Å²) in [6.45, 7) is 8.53. The summed E-state index contributed by atoms with van der Waals surface area (Å²) >= 11 is 0. The molecule has 0 unspecified atom stereocenters. The summed E-state index contributed by atoms with van der Waals surface area (Å²) in [6, 6.07) is 6.31. The van der Waals surface area contributed by atoms with Gasteiger partial charge < -0.3 is 10.5 Å². The molecule has 0 radical (unpaired) electrons. The number of nitrogens with zero attached hydrogens (tertiary/aromatic N) is 2. The zero-order valence-corrected chi connectivity index (χ0v) is 12.2. The second-order valence-corrected chi connectivity index (χ2v) is 5.82. The van der Waals surface area contributed by atoms with Gasteiger partial charge in [0.2, 0.25) is 0 Å². The molecule has 2 N–H and O–H groups in total. The SMILES string of the molecule is Nc1cccc2c1CN(CCCN1CCOCC1)CC2. The number of hydrogen-bond donors (Lipinski definition) is 1. The van der Waals surface area contributed by atoms with E-state index < -0.39 is 0 Å². The molecular weight excluding hydrogens is 250 g/mol. The van der Waals surface area contributed by atoms with Crippen molar-refractivity contribution in [1.82, 2.24) is 9.80 Å². The van der Waals surface area contributed by atoms with Crippen LogP contribution in [-0.4, -0.2) is 55.7 Å². The first-order chi connectivity index (χ1) is 9.83. The van der Waals surface area contributed by atoms with Crippen LogP contribution in [-0.2, 0) is 17.7 Å². The van der Waals surface area contributed by atoms with E-state index in [1.165, 1.54) is 37.2 Å². The lowest BCUT2D eigenvalue weighted by atomic mass is 9.98. The monoisotopic (exact) mass is 275 g/mol. The van der Waals surface area contributed by atoms with E-state index in [4.69, 9.17) is 10.5 Å². The molecule has 4 heteroatoms. The molecule has 0 saturated carbocycles. The van der Waals surface area contributed by atoms with Gasteiger partial charge in [-0.05, 0) is 43.1 Å². The van der Waals surface area contributed by atoms with Gasteiger partial charge in [0.25, 0.3) is 0 Å². The Morgan fingerprint density at radius 2 is 1.85 bits per heavy atom. The number of anilines is 1. The Hall–Kier alpha value is -1.10. The molecule has 1 aromatic carbocycles. The minimum atomic E-state index is 0.896. The fourth-order valence-corrected chi connectivity index (χ4v) is 3.20. The number of hydrogen-bond acceptors (Lipinski definition) is 4. The second kappa shape index (κ2) is 6.57. The Balaban J connectivity index is 1.46. The first kappa shape index (κ1) is 13.9. The Labute approximate surface area is 121 Å². The van der Waals surface area contributed by atoms with Crippen LogP contribution in [0.4, 0.5) is 5.69 Å². The van der Waals surface area contributed by atoms with E-state index in [1.807, 2.05) is 6.07 Å². The molecule has 2 aliphatic heterocycles. The Bertz CT molecular complexity index is 443. The van der Waals surface area contributed by atoms with Gasteiger partial charge in [0, 0.05) is 31.9 Å². The van der Waals surface area contributed by atoms with Gasteiger partial charge in [0.05, 0.1) is 13.2 Å². The molecule has 1 saturated heterocycles. The maximum absolute atomic E-state index is 6.10. The zero-order chi connectivity index (χ0) is 13.8. The second-order valence-electron chi connectivity index (χ2n) is 5.82. The van der Waals surface area contributed by atoms with Crippen molar-refractivity contribution in [2.45, 2.75) is 19.4 Å². The van der Waals surface area contributed by atoms with Crippen LogP contribution in [0.15, 0.2) is 18.2 Å². The number of ether oxygens (including phenoxy) is 1. The van der Waals surface area contributed by atoms with E-state index in [-0.39, 0.29) is 0 Å². The molecular formula is C16H25N3O. The highest BCUT2D eigenvalue weighted by atomic mass is 16.5. The van der Waals surface area contributed by atoms with Crippen LogP contribution in [0.25, 0.3) is 0 Å². The van der Waals surface area contributed by atoms with Crippen molar-refractivity contribution < 1.29 is 4.74 Å². The van der Waals surface area contributed by atoms with Crippen LogP contribution in [0.5, 0.6) is 0 Å². The summed E-state index contributed by atoms with van der Waals surface area (Å²) in [4.78, 5) is 5.05. The summed E-state index contributed by atoms with van der Waals surface area (Å²) < 4.78 is 5.38. The van der Waals surface area contributed by atoms with E-state index >= 15 is 0 Å². The number of rotatable bonds is 4. The van der Waals surface area contributed by atoms with Gasteiger partial charge in [-0.2, -0.15) is 0 Å². The summed E-state index contributed by atoms with van der Waals surface area (Å²) in [5, 5.41) is 0. The van der Waals surface area contributed by atoms with Crippen LogP contribution >= 0.6 is 0 Å². The standard InChI is InChI=1S/C16H25N3O/c17-16-4-1-3-14-5-8-19(13-15(14)16)7-2-6-18-9-11-20-12-10-18/h1,3-4H,2,5-13,17H2. The van der Waals surface area contributed by atoms with Crippen molar-refractivity contribution >= 4 is 5.69 Å². The van der Waals surface area contributed by atoms with Crippen molar-refractivity contribution in [1.29, 1.82) is 0 Å². The smallest absolute Gasteiger partial charge is 0.0594 e. The van der Waals surface area contributed by atoms with E-state index in [0.717, 1.165) is 45.0 Å². The summed E-state index contributed by atoms with van der Waals surface area (Å²) in [5.74, 6) is 0. The number of nitrogen functional groups attached to an aromatic ring is 1. The molecule has 1 fully saturated rings. The molecule has 20 heavy (non-hydrogen) atoms. The highest BCUT2D eigenvalue weighted by molar-refractivity contribution is 5.51. The molecule has 0 spiro atoms. The Morgan fingerprint density at radius 3 is 2.70 bits per heavy atom. The van der Waals surface area contributed by atoms with Gasteiger partial charge in [0.15, 0.2) is 0 Å². The molecule has 4 nitrogen and oxygen atoms in total. The van der Waals surface area contributed by atoms with Crippen LogP contribution in [0, 0.1) is 0 Å². The molecule has 1 aromatic rings. The lowest BCUT2D eigenvalue weighted by Gasteiger charge is -2.31. The van der Waals surface area contributed by atoms with Crippen LogP contribution in [0.3, 0.4) is 0 Å². The van der Waals surface area contributed by atoms with Crippen molar-refractivity contribution in [3.63, 3.8) is 0 Å². The molecule has 110 valence electrons. The molecule has 2 aliphatic rings. The van der Waals surface area contributed by atoms with Crippen LogP contribution in [0.1, 0.15) is 17.5 Å². The fraction of sp³-hybridized carbons (Fsp3) is 0.625. The molecule has 0 bridgehead atoms. The number of fused-ring (bicyclic) bond motifs is 1. The first-order valence-electron chi connectivity index (χ1n) is 7.71. The topological polar surface area (TPSA) is 41.7 Å². The molecule has 0 aliphatic carbocycles. The Morgan fingerprint density at radius 1 is 1.05 bits per heavy atom. The van der Waals surface area contributed by atoms with Gasteiger partial charge in [-0.3, -0.25) is 9.80 Å². The predicted octanol–water partition coefficient (Wildman–Crippen LogP) is 1.35. The predicted molar refractivity (Wildman–Crippen MR) is 81.7 cm³/mol.